The molecule has 4 heteroatoms. The predicted octanol–water partition coefficient (Wildman–Crippen LogP) is 3.02. The SMILES string of the molecule is CCc1ccc(O)c(C(=O)NCCCc2ccc(O)cc2)c1. The minimum atomic E-state index is -0.251. The molecule has 0 fully saturated rings. The Bertz CT molecular complexity index is 635. The topological polar surface area (TPSA) is 69.6 Å². The maximum Gasteiger partial charge on any atom is 0.255 e. The van der Waals surface area contributed by atoms with Gasteiger partial charge < -0.3 is 15.5 Å². The lowest BCUT2D eigenvalue weighted by atomic mass is 10.1. The number of hydrogen-bond acceptors (Lipinski definition) is 3. The molecule has 0 unspecified atom stereocenters. The van der Waals surface area contributed by atoms with Crippen LogP contribution in [0, 0.1) is 0 Å². The number of phenols is 2. The number of rotatable bonds is 6. The van der Waals surface area contributed by atoms with E-state index in [1.54, 1.807) is 24.3 Å². The fourth-order valence-electron chi connectivity index (χ4n) is 2.24. The van der Waals surface area contributed by atoms with Crippen LogP contribution in [-0.4, -0.2) is 22.7 Å². The second-order valence-electron chi connectivity index (χ2n) is 5.23. The molecule has 0 spiro atoms. The van der Waals surface area contributed by atoms with Crippen molar-refractivity contribution in [3.63, 3.8) is 0 Å². The third-order valence-corrected chi connectivity index (χ3v) is 3.58. The lowest BCUT2D eigenvalue weighted by Crippen LogP contribution is -2.25. The van der Waals surface area contributed by atoms with Crippen LogP contribution >= 0.6 is 0 Å². The van der Waals surface area contributed by atoms with Crippen molar-refractivity contribution in [2.75, 3.05) is 6.54 Å². The Morgan fingerprint density at radius 1 is 1.05 bits per heavy atom. The number of benzene rings is 2. The van der Waals surface area contributed by atoms with Gasteiger partial charge >= 0.3 is 0 Å². The summed E-state index contributed by atoms with van der Waals surface area (Å²) in [5.41, 5.74) is 2.46. The molecule has 0 radical (unpaired) electrons. The van der Waals surface area contributed by atoms with E-state index in [1.165, 1.54) is 0 Å². The summed E-state index contributed by atoms with van der Waals surface area (Å²) in [4.78, 5) is 12.1. The number of carbonyl (C=O) groups excluding carboxylic acids is 1. The third kappa shape index (κ3) is 4.25. The van der Waals surface area contributed by atoms with Crippen LogP contribution in [0.4, 0.5) is 0 Å². The van der Waals surface area contributed by atoms with Gasteiger partial charge in [-0.3, -0.25) is 4.79 Å². The molecular weight excluding hydrogens is 278 g/mol. The normalized spacial score (nSPS) is 10.4. The van der Waals surface area contributed by atoms with E-state index in [1.807, 2.05) is 25.1 Å². The van der Waals surface area contributed by atoms with Crippen molar-refractivity contribution in [3.05, 3.63) is 59.2 Å². The van der Waals surface area contributed by atoms with Crippen molar-refractivity contribution in [1.82, 2.24) is 5.32 Å². The molecule has 4 nitrogen and oxygen atoms in total. The highest BCUT2D eigenvalue weighted by Gasteiger charge is 2.11. The first-order valence-electron chi connectivity index (χ1n) is 7.48. The molecule has 0 aliphatic rings. The molecule has 1 amide bonds. The summed E-state index contributed by atoms with van der Waals surface area (Å²) in [6.45, 7) is 2.54. The minimum absolute atomic E-state index is 0.00762. The Balaban J connectivity index is 1.84. The molecule has 0 saturated carbocycles. The van der Waals surface area contributed by atoms with Gasteiger partial charge in [-0.05, 0) is 54.7 Å². The van der Waals surface area contributed by atoms with Crippen LogP contribution in [0.1, 0.15) is 34.8 Å². The van der Waals surface area contributed by atoms with E-state index in [2.05, 4.69) is 5.32 Å². The summed E-state index contributed by atoms with van der Waals surface area (Å²) < 4.78 is 0. The van der Waals surface area contributed by atoms with Crippen LogP contribution in [0.2, 0.25) is 0 Å². The number of hydrogen-bond donors (Lipinski definition) is 3. The van der Waals surface area contributed by atoms with E-state index >= 15 is 0 Å². The van der Waals surface area contributed by atoms with Crippen molar-refractivity contribution in [2.24, 2.45) is 0 Å². The van der Waals surface area contributed by atoms with Crippen LogP contribution in [0.25, 0.3) is 0 Å². The molecule has 2 aromatic carbocycles. The van der Waals surface area contributed by atoms with E-state index in [0.29, 0.717) is 12.1 Å². The second kappa shape index (κ2) is 7.50. The fraction of sp³-hybridized carbons (Fsp3) is 0.278. The molecule has 0 aliphatic heterocycles. The zero-order valence-corrected chi connectivity index (χ0v) is 12.7. The van der Waals surface area contributed by atoms with Crippen molar-refractivity contribution < 1.29 is 15.0 Å². The van der Waals surface area contributed by atoms with Gasteiger partial charge in [0.05, 0.1) is 5.56 Å². The molecule has 2 aromatic rings. The van der Waals surface area contributed by atoms with Crippen LogP contribution in [-0.2, 0) is 12.8 Å². The van der Waals surface area contributed by atoms with Crippen molar-refractivity contribution in [3.8, 4) is 11.5 Å². The third-order valence-electron chi connectivity index (χ3n) is 3.58. The van der Waals surface area contributed by atoms with Gasteiger partial charge in [-0.2, -0.15) is 0 Å². The summed E-state index contributed by atoms with van der Waals surface area (Å²) in [6, 6.07) is 12.2. The van der Waals surface area contributed by atoms with Crippen LogP contribution in [0.5, 0.6) is 11.5 Å². The number of aryl methyl sites for hydroxylation is 2. The lowest BCUT2D eigenvalue weighted by Gasteiger charge is -2.08. The molecule has 0 atom stereocenters. The molecule has 2 rings (SSSR count). The van der Waals surface area contributed by atoms with Crippen molar-refractivity contribution in [1.29, 1.82) is 0 Å². The largest absolute Gasteiger partial charge is 0.508 e. The van der Waals surface area contributed by atoms with Crippen LogP contribution < -0.4 is 5.32 Å². The van der Waals surface area contributed by atoms with Gasteiger partial charge in [0.1, 0.15) is 11.5 Å². The highest BCUT2D eigenvalue weighted by atomic mass is 16.3. The molecule has 0 aliphatic carbocycles. The Labute approximate surface area is 130 Å². The molecule has 116 valence electrons. The van der Waals surface area contributed by atoms with E-state index in [9.17, 15) is 15.0 Å². The maximum atomic E-state index is 12.1. The van der Waals surface area contributed by atoms with Gasteiger partial charge in [0.15, 0.2) is 0 Å². The van der Waals surface area contributed by atoms with Crippen molar-refractivity contribution in [2.45, 2.75) is 26.2 Å². The maximum absolute atomic E-state index is 12.1. The molecule has 22 heavy (non-hydrogen) atoms. The van der Waals surface area contributed by atoms with Gasteiger partial charge in [-0.15, -0.1) is 0 Å². The van der Waals surface area contributed by atoms with Gasteiger partial charge in [0.2, 0.25) is 0 Å². The van der Waals surface area contributed by atoms with Gasteiger partial charge in [0, 0.05) is 6.54 Å². The highest BCUT2D eigenvalue weighted by molar-refractivity contribution is 5.96. The number of aromatic hydroxyl groups is 2. The van der Waals surface area contributed by atoms with Gasteiger partial charge in [-0.1, -0.05) is 25.1 Å². The number of carbonyl (C=O) groups is 1. The Morgan fingerprint density at radius 3 is 2.41 bits per heavy atom. The van der Waals surface area contributed by atoms with Crippen molar-refractivity contribution >= 4 is 5.91 Å². The molecule has 0 saturated heterocycles. The summed E-state index contributed by atoms with van der Waals surface area (Å²) in [6.07, 6.45) is 2.44. The van der Waals surface area contributed by atoms with E-state index < -0.39 is 0 Å². The first kappa shape index (κ1) is 15.9. The summed E-state index contributed by atoms with van der Waals surface area (Å²) in [7, 11) is 0. The van der Waals surface area contributed by atoms with Gasteiger partial charge in [0.25, 0.3) is 5.91 Å². The van der Waals surface area contributed by atoms with E-state index in [4.69, 9.17) is 0 Å². The molecule has 3 N–H and O–H groups in total. The van der Waals surface area contributed by atoms with Crippen LogP contribution in [0.15, 0.2) is 42.5 Å². The predicted molar refractivity (Wildman–Crippen MR) is 86.2 cm³/mol. The average molecular weight is 299 g/mol. The highest BCUT2D eigenvalue weighted by Crippen LogP contribution is 2.18. The molecule has 0 bridgehead atoms. The Morgan fingerprint density at radius 2 is 1.73 bits per heavy atom. The van der Waals surface area contributed by atoms with Gasteiger partial charge in [-0.25, -0.2) is 0 Å². The zero-order valence-electron chi connectivity index (χ0n) is 12.7. The standard InChI is InChI=1S/C18H21NO3/c1-2-13-7-10-17(21)16(12-13)18(22)19-11-3-4-14-5-8-15(20)9-6-14/h5-10,12,20-21H,2-4,11H2,1H3,(H,19,22). The quantitative estimate of drug-likeness (QED) is 0.718. The first-order valence-corrected chi connectivity index (χ1v) is 7.48. The molecule has 0 heterocycles. The molecular formula is C18H21NO3. The fourth-order valence-corrected chi connectivity index (χ4v) is 2.24. The number of amides is 1. The Kier molecular flexibility index (Phi) is 5.42. The lowest BCUT2D eigenvalue weighted by molar-refractivity contribution is 0.0950. The van der Waals surface area contributed by atoms with Crippen LogP contribution in [0.3, 0.4) is 0 Å². The monoisotopic (exact) mass is 299 g/mol. The Hall–Kier alpha value is -2.49. The number of phenolic OH excluding ortho intramolecular Hbond substituents is 2. The second-order valence-corrected chi connectivity index (χ2v) is 5.23. The van der Waals surface area contributed by atoms with E-state index in [-0.39, 0.29) is 17.4 Å². The van der Waals surface area contributed by atoms with E-state index in [0.717, 1.165) is 30.4 Å². The summed E-state index contributed by atoms with van der Waals surface area (Å²) in [5.74, 6) is 0.00933. The first-order chi connectivity index (χ1) is 10.6. The smallest absolute Gasteiger partial charge is 0.255 e. The zero-order chi connectivity index (χ0) is 15.9. The summed E-state index contributed by atoms with van der Waals surface area (Å²) >= 11 is 0. The number of nitrogens with one attached hydrogen (secondary N) is 1. The summed E-state index contributed by atoms with van der Waals surface area (Å²) in [5, 5.41) is 21.8. The average Bonchev–Trinajstić information content (AvgIpc) is 2.53. The minimum Gasteiger partial charge on any atom is -0.508 e. The molecule has 0 aromatic heterocycles.